The topological polar surface area (TPSA) is 70.4 Å². The number of rotatable bonds is 6. The van der Waals surface area contributed by atoms with Gasteiger partial charge in [0.2, 0.25) is 5.88 Å². The van der Waals surface area contributed by atoms with Gasteiger partial charge in [-0.3, -0.25) is 0 Å². The molecular weight excluding hydrogens is 352 g/mol. The number of nitrogens with zero attached hydrogens (tertiary/aromatic N) is 2. The van der Waals surface area contributed by atoms with Crippen molar-refractivity contribution in [2.24, 2.45) is 0 Å². The lowest BCUT2D eigenvalue weighted by atomic mass is 10.2. The lowest BCUT2D eigenvalue weighted by Crippen LogP contribution is -2.12. The minimum Gasteiger partial charge on any atom is -0.378 e. The molecule has 26 heavy (non-hydrogen) atoms. The molecule has 1 aromatic heterocycles. The standard InChI is InChI=1S/C19H20N2O4S/c1-14-4-8-17(9-5-14)21-19(12-16(20-21)13-24-3)25-26(22,23)18-10-6-15(2)7-11-18/h4-12H,13H2,1-3H3. The molecule has 0 saturated carbocycles. The first-order chi connectivity index (χ1) is 12.4. The van der Waals surface area contributed by atoms with Crippen LogP contribution in [0.4, 0.5) is 0 Å². The molecule has 136 valence electrons. The van der Waals surface area contributed by atoms with Crippen molar-refractivity contribution < 1.29 is 17.3 Å². The molecule has 0 spiro atoms. The van der Waals surface area contributed by atoms with Crippen LogP contribution in [0.2, 0.25) is 0 Å². The molecule has 0 fully saturated rings. The summed E-state index contributed by atoms with van der Waals surface area (Å²) in [5.41, 5.74) is 3.33. The van der Waals surface area contributed by atoms with E-state index in [4.69, 9.17) is 8.92 Å². The first-order valence-electron chi connectivity index (χ1n) is 8.05. The number of methoxy groups -OCH3 is 1. The zero-order valence-corrected chi connectivity index (χ0v) is 15.7. The molecule has 0 aliphatic rings. The van der Waals surface area contributed by atoms with Crippen LogP contribution < -0.4 is 4.18 Å². The van der Waals surface area contributed by atoms with Crippen molar-refractivity contribution in [1.82, 2.24) is 9.78 Å². The van der Waals surface area contributed by atoms with Gasteiger partial charge in [0.15, 0.2) is 0 Å². The van der Waals surface area contributed by atoms with Crippen LogP contribution in [0.3, 0.4) is 0 Å². The number of hydrogen-bond donors (Lipinski definition) is 0. The minimum absolute atomic E-state index is 0.0908. The quantitative estimate of drug-likeness (QED) is 0.620. The molecule has 0 saturated heterocycles. The molecule has 6 nitrogen and oxygen atoms in total. The maximum Gasteiger partial charge on any atom is 0.340 e. The third kappa shape index (κ3) is 3.95. The number of aryl methyl sites for hydroxylation is 2. The fourth-order valence-corrected chi connectivity index (χ4v) is 3.33. The Kier molecular flexibility index (Phi) is 5.11. The molecule has 0 N–H and O–H groups in total. The highest BCUT2D eigenvalue weighted by molar-refractivity contribution is 7.87. The zero-order chi connectivity index (χ0) is 18.7. The summed E-state index contributed by atoms with van der Waals surface area (Å²) in [5, 5.41) is 4.39. The second kappa shape index (κ2) is 7.31. The molecule has 0 radical (unpaired) electrons. The van der Waals surface area contributed by atoms with Crippen LogP contribution >= 0.6 is 0 Å². The summed E-state index contributed by atoms with van der Waals surface area (Å²) >= 11 is 0. The molecule has 0 atom stereocenters. The van der Waals surface area contributed by atoms with Gasteiger partial charge >= 0.3 is 10.1 Å². The smallest absolute Gasteiger partial charge is 0.340 e. The first-order valence-corrected chi connectivity index (χ1v) is 9.46. The van der Waals surface area contributed by atoms with Crippen molar-refractivity contribution in [2.75, 3.05) is 7.11 Å². The Morgan fingerprint density at radius 3 is 2.12 bits per heavy atom. The summed E-state index contributed by atoms with van der Waals surface area (Å²) in [6, 6.07) is 15.6. The van der Waals surface area contributed by atoms with Gasteiger partial charge in [0.1, 0.15) is 4.90 Å². The molecule has 3 aromatic rings. The molecule has 0 aliphatic carbocycles. The summed E-state index contributed by atoms with van der Waals surface area (Å²) in [6.07, 6.45) is 0. The van der Waals surface area contributed by atoms with Gasteiger partial charge in [-0.25, -0.2) is 0 Å². The van der Waals surface area contributed by atoms with Gasteiger partial charge in [-0.05, 0) is 38.1 Å². The average Bonchev–Trinajstić information content (AvgIpc) is 2.98. The van der Waals surface area contributed by atoms with E-state index >= 15 is 0 Å². The van der Waals surface area contributed by atoms with Gasteiger partial charge in [-0.2, -0.15) is 18.2 Å². The molecule has 1 heterocycles. The third-order valence-corrected chi connectivity index (χ3v) is 5.04. The minimum atomic E-state index is -3.97. The van der Waals surface area contributed by atoms with Crippen LogP contribution in [0.5, 0.6) is 5.88 Å². The van der Waals surface area contributed by atoms with E-state index in [0.717, 1.165) is 11.1 Å². The molecular formula is C19H20N2O4S. The van der Waals surface area contributed by atoms with Gasteiger partial charge in [0, 0.05) is 13.2 Å². The van der Waals surface area contributed by atoms with Gasteiger partial charge in [0.25, 0.3) is 0 Å². The lowest BCUT2D eigenvalue weighted by Gasteiger charge is -2.10. The van der Waals surface area contributed by atoms with Crippen LogP contribution in [0.1, 0.15) is 16.8 Å². The Balaban J connectivity index is 2.00. The zero-order valence-electron chi connectivity index (χ0n) is 14.8. The van der Waals surface area contributed by atoms with Gasteiger partial charge < -0.3 is 8.92 Å². The second-order valence-electron chi connectivity index (χ2n) is 6.00. The van der Waals surface area contributed by atoms with Crippen LogP contribution in [-0.2, 0) is 21.5 Å². The highest BCUT2D eigenvalue weighted by atomic mass is 32.2. The van der Waals surface area contributed by atoms with Gasteiger partial charge in [-0.15, -0.1) is 0 Å². The van der Waals surface area contributed by atoms with Crippen LogP contribution in [0, 0.1) is 13.8 Å². The molecule has 0 unspecified atom stereocenters. The molecule has 0 bridgehead atoms. The van der Waals surface area contributed by atoms with Crippen LogP contribution in [-0.4, -0.2) is 25.3 Å². The van der Waals surface area contributed by atoms with Crippen molar-refractivity contribution in [2.45, 2.75) is 25.3 Å². The number of aromatic nitrogens is 2. The number of ether oxygens (including phenoxy) is 1. The van der Waals surface area contributed by atoms with E-state index < -0.39 is 10.1 Å². The molecule has 7 heteroatoms. The highest BCUT2D eigenvalue weighted by Gasteiger charge is 2.21. The van der Waals surface area contributed by atoms with Crippen molar-refractivity contribution in [3.05, 3.63) is 71.4 Å². The van der Waals surface area contributed by atoms with E-state index in [1.807, 2.05) is 38.1 Å². The fraction of sp³-hybridized carbons (Fsp3) is 0.211. The molecule has 0 amide bonds. The second-order valence-corrected chi connectivity index (χ2v) is 7.55. The van der Waals surface area contributed by atoms with Crippen LogP contribution in [0.15, 0.2) is 59.5 Å². The summed E-state index contributed by atoms with van der Waals surface area (Å²) in [7, 11) is -2.42. The van der Waals surface area contributed by atoms with Gasteiger partial charge in [-0.1, -0.05) is 35.4 Å². The summed E-state index contributed by atoms with van der Waals surface area (Å²) < 4.78 is 37.2. The Morgan fingerprint density at radius 2 is 1.54 bits per heavy atom. The maximum absolute atomic E-state index is 12.6. The monoisotopic (exact) mass is 372 g/mol. The van der Waals surface area contributed by atoms with Crippen LogP contribution in [0.25, 0.3) is 5.69 Å². The Morgan fingerprint density at radius 1 is 0.962 bits per heavy atom. The van der Waals surface area contributed by atoms with Gasteiger partial charge in [0.05, 0.1) is 18.0 Å². The maximum atomic E-state index is 12.6. The lowest BCUT2D eigenvalue weighted by molar-refractivity contribution is 0.181. The predicted octanol–water partition coefficient (Wildman–Crippen LogP) is 3.40. The molecule has 2 aromatic carbocycles. The van der Waals surface area contributed by atoms with Crippen molar-refractivity contribution in [1.29, 1.82) is 0 Å². The largest absolute Gasteiger partial charge is 0.378 e. The predicted molar refractivity (Wildman–Crippen MR) is 98.0 cm³/mol. The van der Waals surface area contributed by atoms with Crippen molar-refractivity contribution in [3.8, 4) is 11.6 Å². The van der Waals surface area contributed by atoms with E-state index in [2.05, 4.69) is 5.10 Å². The van der Waals surface area contributed by atoms with Crippen molar-refractivity contribution >= 4 is 10.1 Å². The fourth-order valence-electron chi connectivity index (χ4n) is 2.42. The SMILES string of the molecule is COCc1cc(OS(=O)(=O)c2ccc(C)cc2)n(-c2ccc(C)cc2)n1. The van der Waals surface area contributed by atoms with E-state index in [0.29, 0.717) is 11.4 Å². The Bertz CT molecular complexity index is 991. The number of hydrogen-bond acceptors (Lipinski definition) is 5. The normalized spacial score (nSPS) is 11.5. The van der Waals surface area contributed by atoms with E-state index in [1.165, 1.54) is 16.8 Å². The highest BCUT2D eigenvalue weighted by Crippen LogP contribution is 2.24. The van der Waals surface area contributed by atoms with E-state index in [-0.39, 0.29) is 17.4 Å². The summed E-state index contributed by atoms with van der Waals surface area (Å²) in [4.78, 5) is 0.0908. The summed E-state index contributed by atoms with van der Waals surface area (Å²) in [5.74, 6) is 0.112. The summed E-state index contributed by atoms with van der Waals surface area (Å²) in [6.45, 7) is 4.11. The Labute approximate surface area is 153 Å². The number of benzene rings is 2. The Hall–Kier alpha value is -2.64. The van der Waals surface area contributed by atoms with E-state index in [9.17, 15) is 8.42 Å². The third-order valence-electron chi connectivity index (χ3n) is 3.80. The van der Waals surface area contributed by atoms with Crippen molar-refractivity contribution in [3.63, 3.8) is 0 Å². The first kappa shape index (κ1) is 18.2. The van der Waals surface area contributed by atoms with E-state index in [1.54, 1.807) is 25.3 Å². The average molecular weight is 372 g/mol. The molecule has 3 rings (SSSR count). The molecule has 0 aliphatic heterocycles.